The topological polar surface area (TPSA) is 93.5 Å². The standard InChI is InChI=1S/C17H16F3N3O4/c1-9-6-12(22-23(9)8-17(18,19)20)15(24)21-14(16(25)26)11-2-3-13-10(7-11)4-5-27-13/h2-3,6-7,14H,4-5,8H2,1H3,(H,21,24)(H,25,26). The van der Waals surface area contributed by atoms with Crippen LogP contribution in [0.3, 0.4) is 0 Å². The van der Waals surface area contributed by atoms with Crippen LogP contribution >= 0.6 is 0 Å². The monoisotopic (exact) mass is 383 g/mol. The molecule has 0 fully saturated rings. The molecule has 0 saturated heterocycles. The third-order valence-corrected chi connectivity index (χ3v) is 4.11. The van der Waals surface area contributed by atoms with Crippen molar-refractivity contribution in [2.75, 3.05) is 6.61 Å². The van der Waals surface area contributed by atoms with Gasteiger partial charge in [0.25, 0.3) is 5.91 Å². The number of aromatic nitrogens is 2. The summed E-state index contributed by atoms with van der Waals surface area (Å²) in [7, 11) is 0. The summed E-state index contributed by atoms with van der Waals surface area (Å²) < 4.78 is 43.6. The highest BCUT2D eigenvalue weighted by molar-refractivity contribution is 5.95. The highest BCUT2D eigenvalue weighted by Crippen LogP contribution is 2.28. The van der Waals surface area contributed by atoms with Crippen LogP contribution in [0.25, 0.3) is 0 Å². The van der Waals surface area contributed by atoms with Gasteiger partial charge in [0.05, 0.1) is 6.61 Å². The number of alkyl halides is 3. The predicted molar refractivity (Wildman–Crippen MR) is 86.5 cm³/mol. The Hall–Kier alpha value is -3.04. The number of rotatable bonds is 5. The Morgan fingerprint density at radius 3 is 2.78 bits per heavy atom. The van der Waals surface area contributed by atoms with Gasteiger partial charge < -0.3 is 15.2 Å². The third-order valence-electron chi connectivity index (χ3n) is 4.11. The molecular formula is C17H16F3N3O4. The van der Waals surface area contributed by atoms with Gasteiger partial charge in [0.1, 0.15) is 18.0 Å². The first-order valence-corrected chi connectivity index (χ1v) is 8.04. The quantitative estimate of drug-likeness (QED) is 0.826. The number of carboxylic acid groups (broad SMARTS) is 1. The van der Waals surface area contributed by atoms with Gasteiger partial charge in [-0.3, -0.25) is 9.48 Å². The number of hydrogen-bond donors (Lipinski definition) is 2. The van der Waals surface area contributed by atoms with Gasteiger partial charge in [0.15, 0.2) is 6.04 Å². The lowest BCUT2D eigenvalue weighted by Gasteiger charge is -2.15. The lowest BCUT2D eigenvalue weighted by molar-refractivity contribution is -0.143. The van der Waals surface area contributed by atoms with Crippen LogP contribution in [0.15, 0.2) is 24.3 Å². The summed E-state index contributed by atoms with van der Waals surface area (Å²) in [5.41, 5.74) is 1.02. The minimum atomic E-state index is -4.49. The van der Waals surface area contributed by atoms with E-state index in [0.717, 1.165) is 5.56 Å². The van der Waals surface area contributed by atoms with Crippen LogP contribution in [0.2, 0.25) is 0 Å². The van der Waals surface area contributed by atoms with Crippen LogP contribution in [0.5, 0.6) is 5.75 Å². The number of carbonyl (C=O) groups excluding carboxylic acids is 1. The first-order valence-electron chi connectivity index (χ1n) is 8.04. The molecule has 1 aromatic carbocycles. The second-order valence-corrected chi connectivity index (χ2v) is 6.15. The largest absolute Gasteiger partial charge is 0.493 e. The number of fused-ring (bicyclic) bond motifs is 1. The maximum Gasteiger partial charge on any atom is 0.408 e. The van der Waals surface area contributed by atoms with Gasteiger partial charge >= 0.3 is 12.1 Å². The number of carbonyl (C=O) groups is 2. The summed E-state index contributed by atoms with van der Waals surface area (Å²) in [5.74, 6) is -1.51. The molecule has 1 aromatic heterocycles. The van der Waals surface area contributed by atoms with E-state index in [0.29, 0.717) is 29.0 Å². The zero-order valence-corrected chi connectivity index (χ0v) is 14.2. The fraction of sp³-hybridized carbons (Fsp3) is 0.353. The zero-order valence-electron chi connectivity index (χ0n) is 14.2. The van der Waals surface area contributed by atoms with Gasteiger partial charge in [0, 0.05) is 12.1 Å². The van der Waals surface area contributed by atoms with Crippen molar-refractivity contribution in [2.24, 2.45) is 0 Å². The summed E-state index contributed by atoms with van der Waals surface area (Å²) in [6, 6.07) is 4.60. The molecule has 2 heterocycles. The highest BCUT2D eigenvalue weighted by Gasteiger charge is 2.30. The van der Waals surface area contributed by atoms with Crippen molar-refractivity contribution in [3.63, 3.8) is 0 Å². The number of aliphatic carboxylic acids is 1. The average Bonchev–Trinajstić information content (AvgIpc) is 3.17. The molecule has 1 amide bonds. The zero-order chi connectivity index (χ0) is 19.8. The summed E-state index contributed by atoms with van der Waals surface area (Å²) in [6.07, 6.45) is -3.86. The molecule has 144 valence electrons. The second kappa shape index (κ2) is 6.93. The van der Waals surface area contributed by atoms with Crippen LogP contribution in [0.4, 0.5) is 13.2 Å². The number of nitrogens with zero attached hydrogens (tertiary/aromatic N) is 2. The summed E-state index contributed by atoms with van der Waals surface area (Å²) in [4.78, 5) is 23.9. The molecule has 2 N–H and O–H groups in total. The SMILES string of the molecule is Cc1cc(C(=O)NC(C(=O)O)c2ccc3c(c2)CCO3)nn1CC(F)(F)F. The van der Waals surface area contributed by atoms with Crippen molar-refractivity contribution in [1.82, 2.24) is 15.1 Å². The van der Waals surface area contributed by atoms with Gasteiger partial charge in [-0.05, 0) is 36.2 Å². The second-order valence-electron chi connectivity index (χ2n) is 6.15. The van der Waals surface area contributed by atoms with Crippen LogP contribution in [0.1, 0.15) is 33.4 Å². The first-order chi connectivity index (χ1) is 12.6. The first kappa shape index (κ1) is 18.7. The number of nitrogens with one attached hydrogen (secondary N) is 1. The number of benzene rings is 1. The molecule has 0 aliphatic carbocycles. The number of aryl methyl sites for hydroxylation is 1. The van der Waals surface area contributed by atoms with E-state index in [-0.39, 0.29) is 11.4 Å². The van der Waals surface area contributed by atoms with E-state index in [1.165, 1.54) is 19.1 Å². The molecule has 2 aromatic rings. The van der Waals surface area contributed by atoms with Crippen molar-refractivity contribution in [3.8, 4) is 5.75 Å². The van der Waals surface area contributed by atoms with E-state index < -0.39 is 30.6 Å². The number of carboxylic acids is 1. The normalized spacial score (nSPS) is 14.4. The minimum absolute atomic E-state index is 0.138. The van der Waals surface area contributed by atoms with Crippen LogP contribution in [0, 0.1) is 6.92 Å². The van der Waals surface area contributed by atoms with Crippen molar-refractivity contribution in [3.05, 3.63) is 46.8 Å². The van der Waals surface area contributed by atoms with E-state index in [9.17, 15) is 27.9 Å². The lowest BCUT2D eigenvalue weighted by atomic mass is 10.0. The molecular weight excluding hydrogens is 367 g/mol. The Kier molecular flexibility index (Phi) is 4.81. The lowest BCUT2D eigenvalue weighted by Crippen LogP contribution is -2.34. The fourth-order valence-electron chi connectivity index (χ4n) is 2.83. The molecule has 1 aliphatic rings. The summed E-state index contributed by atoms with van der Waals surface area (Å²) >= 11 is 0. The van der Waals surface area contributed by atoms with Gasteiger partial charge in [-0.25, -0.2) is 4.79 Å². The number of amides is 1. The van der Waals surface area contributed by atoms with Gasteiger partial charge in [0.2, 0.25) is 0 Å². The summed E-state index contributed by atoms with van der Waals surface area (Å²) in [6.45, 7) is 0.544. The van der Waals surface area contributed by atoms with Crippen molar-refractivity contribution in [2.45, 2.75) is 32.1 Å². The number of hydrogen-bond acceptors (Lipinski definition) is 4. The number of halogens is 3. The molecule has 1 atom stereocenters. The Balaban J connectivity index is 1.80. The molecule has 0 bridgehead atoms. The van der Waals surface area contributed by atoms with Crippen molar-refractivity contribution in [1.29, 1.82) is 0 Å². The van der Waals surface area contributed by atoms with E-state index in [1.54, 1.807) is 12.1 Å². The van der Waals surface area contributed by atoms with Gasteiger partial charge in [-0.1, -0.05) is 6.07 Å². The average molecular weight is 383 g/mol. The highest BCUT2D eigenvalue weighted by atomic mass is 19.4. The molecule has 0 saturated carbocycles. The third kappa shape index (κ3) is 4.21. The molecule has 1 unspecified atom stereocenters. The molecule has 1 aliphatic heterocycles. The Labute approximate surface area is 151 Å². The van der Waals surface area contributed by atoms with Crippen LogP contribution in [-0.2, 0) is 17.8 Å². The van der Waals surface area contributed by atoms with E-state index in [4.69, 9.17) is 4.74 Å². The predicted octanol–water partition coefficient (Wildman–Crippen LogP) is 2.24. The van der Waals surface area contributed by atoms with Gasteiger partial charge in [-0.15, -0.1) is 0 Å². The van der Waals surface area contributed by atoms with Crippen molar-refractivity contribution >= 4 is 11.9 Å². The maximum atomic E-state index is 12.5. The smallest absolute Gasteiger partial charge is 0.408 e. The van der Waals surface area contributed by atoms with Crippen LogP contribution < -0.4 is 10.1 Å². The Morgan fingerprint density at radius 2 is 2.11 bits per heavy atom. The van der Waals surface area contributed by atoms with Crippen LogP contribution in [-0.4, -0.2) is 39.5 Å². The molecule has 10 heteroatoms. The molecule has 0 radical (unpaired) electrons. The Bertz CT molecular complexity index is 892. The molecule has 0 spiro atoms. The molecule has 27 heavy (non-hydrogen) atoms. The Morgan fingerprint density at radius 1 is 1.37 bits per heavy atom. The summed E-state index contributed by atoms with van der Waals surface area (Å²) in [5, 5.41) is 15.4. The molecule has 3 rings (SSSR count). The fourth-order valence-corrected chi connectivity index (χ4v) is 2.83. The minimum Gasteiger partial charge on any atom is -0.493 e. The van der Waals surface area contributed by atoms with Crippen molar-refractivity contribution < 1.29 is 32.6 Å². The van der Waals surface area contributed by atoms with E-state index in [2.05, 4.69) is 10.4 Å². The maximum absolute atomic E-state index is 12.5. The molecule has 7 nitrogen and oxygen atoms in total. The van der Waals surface area contributed by atoms with E-state index in [1.807, 2.05) is 0 Å². The van der Waals surface area contributed by atoms with Gasteiger partial charge in [-0.2, -0.15) is 18.3 Å². The number of ether oxygens (including phenoxy) is 1. The van der Waals surface area contributed by atoms with E-state index >= 15 is 0 Å².